The van der Waals surface area contributed by atoms with Gasteiger partial charge in [0.25, 0.3) is 0 Å². The highest BCUT2D eigenvalue weighted by atomic mass is 19.1. The van der Waals surface area contributed by atoms with Crippen LogP contribution in [0.1, 0.15) is 61.9 Å². The van der Waals surface area contributed by atoms with E-state index in [0.717, 1.165) is 35.3 Å². The van der Waals surface area contributed by atoms with E-state index in [1.165, 1.54) is 23.3 Å². The molecule has 0 aromatic heterocycles. The maximum Gasteiger partial charge on any atom is 0.224 e. The summed E-state index contributed by atoms with van der Waals surface area (Å²) in [4.78, 5) is 12.4. The number of carbonyl (C=O) groups is 1. The average molecular weight is 368 g/mol. The van der Waals surface area contributed by atoms with Crippen molar-refractivity contribution in [1.82, 2.24) is 0 Å². The fourth-order valence-electron chi connectivity index (χ4n) is 3.93. The Hall–Kier alpha value is -2.36. The second-order valence-corrected chi connectivity index (χ2v) is 8.79. The molecule has 0 saturated carbocycles. The third kappa shape index (κ3) is 4.49. The first-order valence-corrected chi connectivity index (χ1v) is 9.59. The third-order valence-electron chi connectivity index (χ3n) is 5.12. The smallest absolute Gasteiger partial charge is 0.224 e. The third-order valence-corrected chi connectivity index (χ3v) is 5.12. The SMILES string of the molecule is Cc1cc2c(c(C)c1NC(=O)CC(C)(C)C)CCC2Nc1cccc(F)c1. The highest BCUT2D eigenvalue weighted by Gasteiger charge is 2.27. The first kappa shape index (κ1) is 19.4. The Labute approximate surface area is 161 Å². The van der Waals surface area contributed by atoms with E-state index in [1.54, 1.807) is 6.07 Å². The van der Waals surface area contributed by atoms with Gasteiger partial charge in [-0.25, -0.2) is 4.39 Å². The molecular formula is C23H29FN2O. The Kier molecular flexibility index (Phi) is 5.27. The topological polar surface area (TPSA) is 41.1 Å². The number of rotatable bonds is 4. The van der Waals surface area contributed by atoms with Crippen LogP contribution in [0.2, 0.25) is 0 Å². The van der Waals surface area contributed by atoms with Gasteiger partial charge in [-0.2, -0.15) is 0 Å². The van der Waals surface area contributed by atoms with E-state index in [2.05, 4.69) is 44.4 Å². The molecule has 2 aromatic rings. The number of anilines is 2. The minimum Gasteiger partial charge on any atom is -0.378 e. The van der Waals surface area contributed by atoms with Gasteiger partial charge in [-0.1, -0.05) is 32.9 Å². The normalized spacial score (nSPS) is 16.1. The molecular weight excluding hydrogens is 339 g/mol. The molecule has 0 spiro atoms. The van der Waals surface area contributed by atoms with Crippen molar-refractivity contribution in [2.45, 2.75) is 59.9 Å². The van der Waals surface area contributed by atoms with Crippen molar-refractivity contribution in [2.75, 3.05) is 10.6 Å². The summed E-state index contributed by atoms with van der Waals surface area (Å²) in [6, 6.07) is 8.92. The summed E-state index contributed by atoms with van der Waals surface area (Å²) in [7, 11) is 0. The number of aryl methyl sites for hydroxylation is 1. The molecule has 0 bridgehead atoms. The molecule has 1 aliphatic carbocycles. The summed E-state index contributed by atoms with van der Waals surface area (Å²) in [6.45, 7) is 10.3. The van der Waals surface area contributed by atoms with Gasteiger partial charge in [-0.3, -0.25) is 4.79 Å². The van der Waals surface area contributed by atoms with Crippen molar-refractivity contribution in [3.8, 4) is 0 Å². The molecule has 1 amide bonds. The van der Waals surface area contributed by atoms with Crippen molar-refractivity contribution < 1.29 is 9.18 Å². The molecule has 0 fully saturated rings. The molecule has 27 heavy (non-hydrogen) atoms. The summed E-state index contributed by atoms with van der Waals surface area (Å²) in [5.74, 6) is -0.177. The largest absolute Gasteiger partial charge is 0.378 e. The van der Waals surface area contributed by atoms with Gasteiger partial charge in [-0.05, 0) is 72.6 Å². The van der Waals surface area contributed by atoms with E-state index in [1.807, 2.05) is 13.0 Å². The lowest BCUT2D eigenvalue weighted by atomic mass is 9.91. The number of fused-ring (bicyclic) bond motifs is 1. The molecule has 0 radical (unpaired) electrons. The van der Waals surface area contributed by atoms with Gasteiger partial charge < -0.3 is 10.6 Å². The number of benzene rings is 2. The molecule has 1 atom stereocenters. The lowest BCUT2D eigenvalue weighted by molar-refractivity contribution is -0.117. The second kappa shape index (κ2) is 7.34. The van der Waals surface area contributed by atoms with Crippen LogP contribution in [0.25, 0.3) is 0 Å². The quantitative estimate of drug-likeness (QED) is 0.703. The van der Waals surface area contributed by atoms with Gasteiger partial charge in [0.15, 0.2) is 0 Å². The van der Waals surface area contributed by atoms with Crippen molar-refractivity contribution in [3.05, 3.63) is 58.4 Å². The Balaban J connectivity index is 1.84. The zero-order valence-electron chi connectivity index (χ0n) is 16.9. The summed E-state index contributed by atoms with van der Waals surface area (Å²) >= 11 is 0. The molecule has 2 N–H and O–H groups in total. The Morgan fingerprint density at radius 2 is 1.96 bits per heavy atom. The highest BCUT2D eigenvalue weighted by Crippen LogP contribution is 2.40. The predicted octanol–water partition coefficient (Wildman–Crippen LogP) is 5.92. The predicted molar refractivity (Wildman–Crippen MR) is 110 cm³/mol. The lowest BCUT2D eigenvalue weighted by Crippen LogP contribution is -2.21. The van der Waals surface area contributed by atoms with E-state index < -0.39 is 0 Å². The minimum atomic E-state index is -0.234. The molecule has 1 unspecified atom stereocenters. The Bertz CT molecular complexity index is 867. The van der Waals surface area contributed by atoms with Crippen LogP contribution >= 0.6 is 0 Å². The Morgan fingerprint density at radius 1 is 1.22 bits per heavy atom. The van der Waals surface area contributed by atoms with Crippen LogP contribution in [0.15, 0.2) is 30.3 Å². The van der Waals surface area contributed by atoms with Crippen LogP contribution in [0.5, 0.6) is 0 Å². The van der Waals surface area contributed by atoms with E-state index in [0.29, 0.717) is 6.42 Å². The molecule has 144 valence electrons. The standard InChI is InChI=1S/C23H29FN2O/c1-14-11-19-18(15(2)22(14)26-21(27)13-23(3,4)5)9-10-20(19)25-17-8-6-7-16(24)12-17/h6-8,11-12,20,25H,9-10,13H2,1-5H3,(H,26,27). The number of hydrogen-bond donors (Lipinski definition) is 2. The summed E-state index contributed by atoms with van der Waals surface area (Å²) in [6.07, 6.45) is 2.41. The fourth-order valence-corrected chi connectivity index (χ4v) is 3.93. The van der Waals surface area contributed by atoms with Gasteiger partial charge in [0.2, 0.25) is 5.91 Å². The van der Waals surface area contributed by atoms with Crippen molar-refractivity contribution in [2.24, 2.45) is 5.41 Å². The van der Waals surface area contributed by atoms with Gasteiger partial charge in [0.05, 0.1) is 6.04 Å². The van der Waals surface area contributed by atoms with Crippen molar-refractivity contribution in [1.29, 1.82) is 0 Å². The van der Waals surface area contributed by atoms with Crippen molar-refractivity contribution in [3.63, 3.8) is 0 Å². The summed E-state index contributed by atoms with van der Waals surface area (Å²) in [5, 5.41) is 6.58. The van der Waals surface area contributed by atoms with E-state index in [9.17, 15) is 9.18 Å². The molecule has 3 nitrogen and oxygen atoms in total. The van der Waals surface area contributed by atoms with Crippen LogP contribution < -0.4 is 10.6 Å². The molecule has 3 rings (SSSR count). The molecule has 4 heteroatoms. The van der Waals surface area contributed by atoms with Crippen LogP contribution in [0.4, 0.5) is 15.8 Å². The monoisotopic (exact) mass is 368 g/mol. The maximum atomic E-state index is 13.5. The zero-order valence-corrected chi connectivity index (χ0v) is 16.9. The average Bonchev–Trinajstić information content (AvgIpc) is 2.92. The first-order valence-electron chi connectivity index (χ1n) is 9.59. The second-order valence-electron chi connectivity index (χ2n) is 8.79. The Morgan fingerprint density at radius 3 is 2.63 bits per heavy atom. The maximum absolute atomic E-state index is 13.5. The molecule has 0 heterocycles. The molecule has 0 aliphatic heterocycles. The van der Waals surface area contributed by atoms with Gasteiger partial charge in [0, 0.05) is 17.8 Å². The minimum absolute atomic E-state index is 0.0391. The van der Waals surface area contributed by atoms with Gasteiger partial charge in [0.1, 0.15) is 5.82 Å². The van der Waals surface area contributed by atoms with Gasteiger partial charge in [-0.15, -0.1) is 0 Å². The van der Waals surface area contributed by atoms with Gasteiger partial charge >= 0.3 is 0 Å². The summed E-state index contributed by atoms with van der Waals surface area (Å²) < 4.78 is 13.5. The van der Waals surface area contributed by atoms with Crippen LogP contribution in [-0.2, 0) is 11.2 Å². The van der Waals surface area contributed by atoms with Crippen LogP contribution in [-0.4, -0.2) is 5.91 Å². The number of hydrogen-bond acceptors (Lipinski definition) is 2. The lowest BCUT2D eigenvalue weighted by Gasteiger charge is -2.21. The van der Waals surface area contributed by atoms with E-state index in [-0.39, 0.29) is 23.2 Å². The van der Waals surface area contributed by atoms with Crippen LogP contribution in [0, 0.1) is 25.1 Å². The van der Waals surface area contributed by atoms with E-state index >= 15 is 0 Å². The number of amides is 1. The molecule has 0 saturated heterocycles. The molecule has 1 aliphatic rings. The summed E-state index contributed by atoms with van der Waals surface area (Å²) in [5.41, 5.74) is 6.46. The number of nitrogens with one attached hydrogen (secondary N) is 2. The number of carbonyl (C=O) groups excluding carboxylic acids is 1. The molecule has 2 aromatic carbocycles. The highest BCUT2D eigenvalue weighted by molar-refractivity contribution is 5.93. The number of halogens is 1. The fraction of sp³-hybridized carbons (Fsp3) is 0.435. The van der Waals surface area contributed by atoms with Crippen molar-refractivity contribution >= 4 is 17.3 Å². The van der Waals surface area contributed by atoms with E-state index in [4.69, 9.17) is 0 Å². The van der Waals surface area contributed by atoms with Crippen LogP contribution in [0.3, 0.4) is 0 Å². The zero-order chi connectivity index (χ0) is 19.8. The first-order chi connectivity index (χ1) is 12.6.